The van der Waals surface area contributed by atoms with Crippen molar-refractivity contribution < 1.29 is 9.90 Å². The predicted molar refractivity (Wildman–Crippen MR) is 60.0 cm³/mol. The molecule has 0 radical (unpaired) electrons. The summed E-state index contributed by atoms with van der Waals surface area (Å²) in [5.41, 5.74) is 3.39. The van der Waals surface area contributed by atoms with Crippen LogP contribution in [0, 0.1) is 13.8 Å². The molecule has 0 amide bonds. The fourth-order valence-corrected chi connectivity index (χ4v) is 1.76. The quantitative estimate of drug-likeness (QED) is 0.794. The summed E-state index contributed by atoms with van der Waals surface area (Å²) in [6, 6.07) is 5.97. The van der Waals surface area contributed by atoms with Gasteiger partial charge in [0, 0.05) is 6.04 Å². The lowest BCUT2D eigenvalue weighted by Gasteiger charge is -2.17. The van der Waals surface area contributed by atoms with Crippen molar-refractivity contribution in [2.24, 2.45) is 0 Å². The maximum atomic E-state index is 10.7. The molecule has 0 aromatic heterocycles. The van der Waals surface area contributed by atoms with E-state index in [4.69, 9.17) is 5.11 Å². The van der Waals surface area contributed by atoms with Crippen LogP contribution in [0.15, 0.2) is 18.2 Å². The lowest BCUT2D eigenvalue weighted by atomic mass is 9.97. The number of carboxylic acids is 1. The molecule has 2 N–H and O–H groups in total. The molecule has 0 aliphatic rings. The van der Waals surface area contributed by atoms with Gasteiger partial charge in [0.05, 0.1) is 6.42 Å². The summed E-state index contributed by atoms with van der Waals surface area (Å²) in [5, 5.41) is 11.8. The van der Waals surface area contributed by atoms with E-state index in [1.807, 2.05) is 26.0 Å². The minimum atomic E-state index is -0.783. The van der Waals surface area contributed by atoms with Crippen molar-refractivity contribution in [1.29, 1.82) is 0 Å². The lowest BCUT2D eigenvalue weighted by Crippen LogP contribution is -2.20. The monoisotopic (exact) mass is 207 g/mol. The average Bonchev–Trinajstić information content (AvgIpc) is 2.14. The Balaban J connectivity index is 2.96. The van der Waals surface area contributed by atoms with E-state index in [0.717, 1.165) is 11.1 Å². The molecule has 1 atom stereocenters. The van der Waals surface area contributed by atoms with Crippen LogP contribution in [-0.4, -0.2) is 18.1 Å². The van der Waals surface area contributed by atoms with Crippen molar-refractivity contribution in [2.45, 2.75) is 26.3 Å². The van der Waals surface area contributed by atoms with E-state index in [1.165, 1.54) is 5.56 Å². The summed E-state index contributed by atoms with van der Waals surface area (Å²) < 4.78 is 0. The molecule has 0 bridgehead atoms. The van der Waals surface area contributed by atoms with Gasteiger partial charge in [0.25, 0.3) is 0 Å². The van der Waals surface area contributed by atoms with Crippen LogP contribution >= 0.6 is 0 Å². The van der Waals surface area contributed by atoms with Gasteiger partial charge < -0.3 is 10.4 Å². The third kappa shape index (κ3) is 3.06. The second-order valence-electron chi connectivity index (χ2n) is 3.80. The molecular formula is C12H17NO2. The van der Waals surface area contributed by atoms with E-state index < -0.39 is 5.97 Å². The molecular weight excluding hydrogens is 190 g/mol. The van der Waals surface area contributed by atoms with Crippen molar-refractivity contribution in [3.63, 3.8) is 0 Å². The number of nitrogens with one attached hydrogen (secondary N) is 1. The van der Waals surface area contributed by atoms with Crippen LogP contribution in [0.25, 0.3) is 0 Å². The highest BCUT2D eigenvalue weighted by Crippen LogP contribution is 2.21. The Morgan fingerprint density at radius 1 is 1.47 bits per heavy atom. The molecule has 1 aromatic rings. The van der Waals surface area contributed by atoms with Crippen LogP contribution in [0.2, 0.25) is 0 Å². The summed E-state index contributed by atoms with van der Waals surface area (Å²) >= 11 is 0. The summed E-state index contributed by atoms with van der Waals surface area (Å²) in [4.78, 5) is 10.7. The van der Waals surface area contributed by atoms with Crippen LogP contribution < -0.4 is 5.32 Å². The highest BCUT2D eigenvalue weighted by Gasteiger charge is 2.14. The van der Waals surface area contributed by atoms with Crippen molar-refractivity contribution in [3.05, 3.63) is 34.9 Å². The maximum absolute atomic E-state index is 10.7. The van der Waals surface area contributed by atoms with Gasteiger partial charge in [0.2, 0.25) is 0 Å². The smallest absolute Gasteiger partial charge is 0.305 e. The standard InChI is InChI=1S/C12H17NO2/c1-8-4-5-10(9(2)6-8)11(13-3)7-12(14)15/h4-6,11,13H,7H2,1-3H3,(H,14,15)/t11-/m0/s1. The van der Waals surface area contributed by atoms with Gasteiger partial charge in [0.15, 0.2) is 0 Å². The van der Waals surface area contributed by atoms with Gasteiger partial charge in [-0.15, -0.1) is 0 Å². The Hall–Kier alpha value is -1.35. The second-order valence-corrected chi connectivity index (χ2v) is 3.80. The number of benzene rings is 1. The largest absolute Gasteiger partial charge is 0.481 e. The Bertz CT molecular complexity index is 361. The summed E-state index contributed by atoms with van der Waals surface area (Å²) in [5.74, 6) is -0.783. The van der Waals surface area contributed by atoms with E-state index in [9.17, 15) is 4.79 Å². The van der Waals surface area contributed by atoms with Gasteiger partial charge in [-0.25, -0.2) is 0 Å². The maximum Gasteiger partial charge on any atom is 0.305 e. The molecule has 0 saturated carbocycles. The number of hydrogen-bond acceptors (Lipinski definition) is 2. The lowest BCUT2D eigenvalue weighted by molar-refractivity contribution is -0.137. The molecule has 0 fully saturated rings. The van der Waals surface area contributed by atoms with Crippen molar-refractivity contribution in [1.82, 2.24) is 5.32 Å². The Morgan fingerprint density at radius 2 is 2.13 bits per heavy atom. The third-order valence-corrected chi connectivity index (χ3v) is 2.53. The van der Waals surface area contributed by atoms with E-state index in [1.54, 1.807) is 7.05 Å². The molecule has 0 heterocycles. The van der Waals surface area contributed by atoms with Gasteiger partial charge in [-0.3, -0.25) is 4.79 Å². The molecule has 1 rings (SSSR count). The molecule has 1 aromatic carbocycles. The SMILES string of the molecule is CN[C@@H](CC(=O)O)c1ccc(C)cc1C. The van der Waals surface area contributed by atoms with Crippen LogP contribution in [0.5, 0.6) is 0 Å². The average molecular weight is 207 g/mol. The first-order valence-electron chi connectivity index (χ1n) is 5.00. The van der Waals surface area contributed by atoms with Gasteiger partial charge >= 0.3 is 5.97 Å². The van der Waals surface area contributed by atoms with Gasteiger partial charge in [-0.05, 0) is 32.0 Å². The van der Waals surface area contributed by atoms with Gasteiger partial charge in [0.1, 0.15) is 0 Å². The molecule has 3 heteroatoms. The zero-order chi connectivity index (χ0) is 11.4. The minimum absolute atomic E-state index is 0.108. The Kier molecular flexibility index (Phi) is 3.86. The number of rotatable bonds is 4. The first kappa shape index (κ1) is 11.7. The number of hydrogen-bond donors (Lipinski definition) is 2. The number of aliphatic carboxylic acids is 1. The van der Waals surface area contributed by atoms with Crippen molar-refractivity contribution in [2.75, 3.05) is 7.05 Å². The molecule has 82 valence electrons. The number of aryl methyl sites for hydroxylation is 2. The minimum Gasteiger partial charge on any atom is -0.481 e. The zero-order valence-corrected chi connectivity index (χ0v) is 9.37. The van der Waals surface area contributed by atoms with Crippen LogP contribution in [0.1, 0.15) is 29.2 Å². The summed E-state index contributed by atoms with van der Waals surface area (Å²) in [6.45, 7) is 4.04. The van der Waals surface area contributed by atoms with E-state index in [2.05, 4.69) is 11.4 Å². The van der Waals surface area contributed by atoms with Gasteiger partial charge in [-0.1, -0.05) is 23.8 Å². The van der Waals surface area contributed by atoms with Crippen LogP contribution in [0.3, 0.4) is 0 Å². The number of carboxylic acid groups (broad SMARTS) is 1. The Labute approximate surface area is 90.1 Å². The van der Waals surface area contributed by atoms with E-state index in [0.29, 0.717) is 0 Å². The Morgan fingerprint density at radius 3 is 2.60 bits per heavy atom. The molecule has 0 aliphatic carbocycles. The molecule has 3 nitrogen and oxygen atoms in total. The normalized spacial score (nSPS) is 12.5. The highest BCUT2D eigenvalue weighted by atomic mass is 16.4. The van der Waals surface area contributed by atoms with Gasteiger partial charge in [-0.2, -0.15) is 0 Å². The first-order valence-corrected chi connectivity index (χ1v) is 5.00. The van der Waals surface area contributed by atoms with Crippen molar-refractivity contribution in [3.8, 4) is 0 Å². The number of carbonyl (C=O) groups is 1. The molecule has 0 spiro atoms. The zero-order valence-electron chi connectivity index (χ0n) is 9.37. The van der Waals surface area contributed by atoms with Crippen LogP contribution in [0.4, 0.5) is 0 Å². The fraction of sp³-hybridized carbons (Fsp3) is 0.417. The van der Waals surface area contributed by atoms with Crippen LogP contribution in [-0.2, 0) is 4.79 Å². The highest BCUT2D eigenvalue weighted by molar-refractivity contribution is 5.68. The summed E-state index contributed by atoms with van der Waals surface area (Å²) in [6.07, 6.45) is 0.112. The molecule has 0 saturated heterocycles. The van der Waals surface area contributed by atoms with Crippen molar-refractivity contribution >= 4 is 5.97 Å². The van der Waals surface area contributed by atoms with E-state index >= 15 is 0 Å². The molecule has 15 heavy (non-hydrogen) atoms. The summed E-state index contributed by atoms with van der Waals surface area (Å²) in [7, 11) is 1.78. The fourth-order valence-electron chi connectivity index (χ4n) is 1.76. The first-order chi connectivity index (χ1) is 7.04. The predicted octanol–water partition coefficient (Wildman–Crippen LogP) is 2.04. The third-order valence-electron chi connectivity index (χ3n) is 2.53. The second kappa shape index (κ2) is 4.94. The molecule has 0 aliphatic heterocycles. The molecule has 0 unspecified atom stereocenters. The topological polar surface area (TPSA) is 49.3 Å². The van der Waals surface area contributed by atoms with E-state index in [-0.39, 0.29) is 12.5 Å².